The third-order valence-electron chi connectivity index (χ3n) is 3.07. The van der Waals surface area contributed by atoms with E-state index in [-0.39, 0.29) is 6.04 Å². The Balaban J connectivity index is 2.08. The molecule has 2 aromatic carbocycles. The van der Waals surface area contributed by atoms with Crippen LogP contribution in [-0.4, -0.2) is 0 Å². The van der Waals surface area contributed by atoms with Crippen LogP contribution in [0, 0.1) is 17.1 Å². The molecule has 0 aromatic heterocycles. The molecule has 1 N–H and O–H groups in total. The molecular weight excluding hydrogens is 275 g/mol. The lowest BCUT2D eigenvalue weighted by Crippen LogP contribution is -2.18. The summed E-state index contributed by atoms with van der Waals surface area (Å²) < 4.78 is 13.3. The Labute approximate surface area is 122 Å². The summed E-state index contributed by atoms with van der Waals surface area (Å²) in [6.07, 6.45) is 0. The smallest absolute Gasteiger partial charge is 0.124 e. The van der Waals surface area contributed by atoms with Gasteiger partial charge in [-0.1, -0.05) is 29.8 Å². The third kappa shape index (κ3) is 3.57. The van der Waals surface area contributed by atoms with Crippen LogP contribution in [-0.2, 0) is 6.54 Å². The number of rotatable bonds is 4. The van der Waals surface area contributed by atoms with Gasteiger partial charge in [-0.15, -0.1) is 0 Å². The summed E-state index contributed by atoms with van der Waals surface area (Å²) in [6, 6.07) is 13.9. The maximum atomic E-state index is 13.3. The van der Waals surface area contributed by atoms with Crippen LogP contribution in [0.2, 0.25) is 5.02 Å². The van der Waals surface area contributed by atoms with Crippen LogP contribution in [0.15, 0.2) is 42.5 Å². The van der Waals surface area contributed by atoms with E-state index in [1.165, 1.54) is 12.1 Å². The van der Waals surface area contributed by atoms with E-state index in [4.69, 9.17) is 16.9 Å². The molecule has 2 aromatic rings. The second kappa shape index (κ2) is 6.51. The summed E-state index contributed by atoms with van der Waals surface area (Å²) in [5.41, 5.74) is 2.05. The number of hydrogen-bond donors (Lipinski definition) is 1. The molecule has 0 aliphatic heterocycles. The Kier molecular flexibility index (Phi) is 4.73. The van der Waals surface area contributed by atoms with Crippen molar-refractivity contribution in [3.05, 3.63) is 70.0 Å². The Hall–Kier alpha value is -1.89. The maximum Gasteiger partial charge on any atom is 0.124 e. The molecule has 0 aliphatic rings. The fourth-order valence-electron chi connectivity index (χ4n) is 2.02. The number of nitrogens with one attached hydrogen (secondary N) is 1. The summed E-state index contributed by atoms with van der Waals surface area (Å²) in [4.78, 5) is 0. The minimum atomic E-state index is -0.397. The second-order valence-electron chi connectivity index (χ2n) is 4.58. The minimum Gasteiger partial charge on any atom is -0.306 e. The number of benzene rings is 2. The first kappa shape index (κ1) is 14.5. The molecular formula is C16H14ClFN2. The normalized spacial score (nSPS) is 11.9. The van der Waals surface area contributed by atoms with Gasteiger partial charge in [0.2, 0.25) is 0 Å². The van der Waals surface area contributed by atoms with Crippen LogP contribution in [0.3, 0.4) is 0 Å². The molecule has 102 valence electrons. The van der Waals surface area contributed by atoms with Crippen LogP contribution in [0.5, 0.6) is 0 Å². The van der Waals surface area contributed by atoms with Gasteiger partial charge in [-0.05, 0) is 42.3 Å². The van der Waals surface area contributed by atoms with Crippen molar-refractivity contribution >= 4 is 11.6 Å². The predicted molar refractivity (Wildman–Crippen MR) is 77.8 cm³/mol. The molecule has 2 nitrogen and oxygen atoms in total. The fourth-order valence-corrected chi connectivity index (χ4v) is 2.32. The van der Waals surface area contributed by atoms with Gasteiger partial charge in [0, 0.05) is 17.6 Å². The number of halogens is 2. The second-order valence-corrected chi connectivity index (χ2v) is 4.99. The summed E-state index contributed by atoms with van der Waals surface area (Å²) in [7, 11) is 0. The van der Waals surface area contributed by atoms with E-state index in [1.807, 2.05) is 37.3 Å². The molecule has 1 atom stereocenters. The van der Waals surface area contributed by atoms with Crippen LogP contribution < -0.4 is 5.32 Å². The topological polar surface area (TPSA) is 35.8 Å². The van der Waals surface area contributed by atoms with Gasteiger partial charge in [0.05, 0.1) is 11.6 Å². The van der Waals surface area contributed by atoms with Gasteiger partial charge in [0.1, 0.15) is 5.82 Å². The highest BCUT2D eigenvalue weighted by Gasteiger charge is 2.09. The summed E-state index contributed by atoms with van der Waals surface area (Å²) in [6.45, 7) is 2.46. The van der Waals surface area contributed by atoms with E-state index < -0.39 is 5.82 Å². The van der Waals surface area contributed by atoms with Gasteiger partial charge in [-0.25, -0.2) is 4.39 Å². The Bertz CT molecular complexity index is 649. The largest absolute Gasteiger partial charge is 0.306 e. The molecule has 0 bridgehead atoms. The summed E-state index contributed by atoms with van der Waals surface area (Å²) >= 11 is 6.13. The lowest BCUT2D eigenvalue weighted by atomic mass is 10.1. The van der Waals surface area contributed by atoms with Crippen molar-refractivity contribution in [1.29, 1.82) is 5.26 Å². The van der Waals surface area contributed by atoms with Gasteiger partial charge in [0.25, 0.3) is 0 Å². The Morgan fingerprint density at radius 1 is 1.30 bits per heavy atom. The Morgan fingerprint density at radius 3 is 2.75 bits per heavy atom. The molecule has 0 aliphatic carbocycles. The highest BCUT2D eigenvalue weighted by Crippen LogP contribution is 2.22. The van der Waals surface area contributed by atoms with E-state index in [9.17, 15) is 4.39 Å². The zero-order chi connectivity index (χ0) is 14.5. The zero-order valence-corrected chi connectivity index (χ0v) is 11.8. The average Bonchev–Trinajstić information content (AvgIpc) is 2.44. The van der Waals surface area contributed by atoms with Crippen LogP contribution in [0.25, 0.3) is 0 Å². The predicted octanol–water partition coefficient (Wildman–Crippen LogP) is 4.20. The van der Waals surface area contributed by atoms with Crippen molar-refractivity contribution in [2.24, 2.45) is 0 Å². The minimum absolute atomic E-state index is 0.0394. The molecule has 2 rings (SSSR count). The van der Waals surface area contributed by atoms with Crippen molar-refractivity contribution < 1.29 is 4.39 Å². The molecule has 4 heteroatoms. The highest BCUT2D eigenvalue weighted by molar-refractivity contribution is 6.31. The first-order valence-electron chi connectivity index (χ1n) is 6.27. The molecule has 0 saturated carbocycles. The van der Waals surface area contributed by atoms with Gasteiger partial charge < -0.3 is 5.32 Å². The van der Waals surface area contributed by atoms with Crippen LogP contribution in [0.1, 0.15) is 29.7 Å². The lowest BCUT2D eigenvalue weighted by Gasteiger charge is -2.15. The fraction of sp³-hybridized carbons (Fsp3) is 0.188. The first-order chi connectivity index (χ1) is 9.60. The molecule has 20 heavy (non-hydrogen) atoms. The van der Waals surface area contributed by atoms with Gasteiger partial charge in [0.15, 0.2) is 0 Å². The number of nitrogens with zero attached hydrogens (tertiary/aromatic N) is 1. The molecule has 0 saturated heterocycles. The molecule has 0 radical (unpaired) electrons. The van der Waals surface area contributed by atoms with E-state index in [2.05, 4.69) is 5.32 Å². The number of nitriles is 1. The molecule has 0 fully saturated rings. The van der Waals surface area contributed by atoms with E-state index >= 15 is 0 Å². The molecule has 0 heterocycles. The molecule has 0 unspecified atom stereocenters. The van der Waals surface area contributed by atoms with E-state index in [0.29, 0.717) is 17.1 Å². The van der Waals surface area contributed by atoms with Crippen molar-refractivity contribution in [2.45, 2.75) is 19.5 Å². The molecule has 0 spiro atoms. The first-order valence-corrected chi connectivity index (χ1v) is 6.65. The van der Waals surface area contributed by atoms with Crippen molar-refractivity contribution in [3.63, 3.8) is 0 Å². The quantitative estimate of drug-likeness (QED) is 0.915. The SMILES string of the molecule is C[C@H](NCc1cc(F)cc(C#N)c1)c1ccccc1Cl. The highest BCUT2D eigenvalue weighted by atomic mass is 35.5. The van der Waals surface area contributed by atoms with Crippen molar-refractivity contribution in [2.75, 3.05) is 0 Å². The molecule has 0 amide bonds. The van der Waals surface area contributed by atoms with Gasteiger partial charge in [-0.3, -0.25) is 0 Å². The zero-order valence-electron chi connectivity index (χ0n) is 11.0. The van der Waals surface area contributed by atoms with Crippen LogP contribution in [0.4, 0.5) is 4.39 Å². The Morgan fingerprint density at radius 2 is 2.05 bits per heavy atom. The lowest BCUT2D eigenvalue weighted by molar-refractivity contribution is 0.569. The summed E-state index contributed by atoms with van der Waals surface area (Å²) in [5.74, 6) is -0.397. The van der Waals surface area contributed by atoms with Crippen molar-refractivity contribution in [1.82, 2.24) is 5.32 Å². The summed E-state index contributed by atoms with van der Waals surface area (Å²) in [5, 5.41) is 12.8. The average molecular weight is 289 g/mol. The standard InChI is InChI=1S/C16H14ClFN2/c1-11(15-4-2-3-5-16(15)17)20-10-13-6-12(9-19)7-14(18)8-13/h2-8,11,20H,10H2,1H3/t11-/m0/s1. The van der Waals surface area contributed by atoms with Gasteiger partial charge >= 0.3 is 0 Å². The van der Waals surface area contributed by atoms with E-state index in [1.54, 1.807) is 6.07 Å². The third-order valence-corrected chi connectivity index (χ3v) is 3.41. The van der Waals surface area contributed by atoms with E-state index in [0.717, 1.165) is 11.1 Å². The van der Waals surface area contributed by atoms with Gasteiger partial charge in [-0.2, -0.15) is 5.26 Å². The monoisotopic (exact) mass is 288 g/mol. The number of hydrogen-bond acceptors (Lipinski definition) is 2. The van der Waals surface area contributed by atoms with Crippen molar-refractivity contribution in [3.8, 4) is 6.07 Å². The van der Waals surface area contributed by atoms with Crippen LogP contribution >= 0.6 is 11.6 Å². The maximum absolute atomic E-state index is 13.3.